The minimum Gasteiger partial charge on any atom is -0.494 e. The van der Waals surface area contributed by atoms with E-state index in [2.05, 4.69) is 20.7 Å². The van der Waals surface area contributed by atoms with Crippen molar-refractivity contribution >= 4 is 21.9 Å². The predicted octanol–water partition coefficient (Wildman–Crippen LogP) is 2.44. The average Bonchev–Trinajstić information content (AvgIpc) is 2.29. The second kappa shape index (κ2) is 5.84. The molecule has 0 spiro atoms. The van der Waals surface area contributed by atoms with Crippen molar-refractivity contribution < 1.29 is 18.7 Å². The number of alkyl halides is 1. The smallest absolute Gasteiger partial charge is 0.309 e. The molecule has 16 heavy (non-hydrogen) atoms. The van der Waals surface area contributed by atoms with Gasteiger partial charge >= 0.3 is 5.97 Å². The molecule has 88 valence electrons. The molecule has 1 aromatic carbocycles. The highest BCUT2D eigenvalue weighted by Gasteiger charge is 2.12. The Morgan fingerprint density at radius 1 is 1.38 bits per heavy atom. The van der Waals surface area contributed by atoms with Crippen molar-refractivity contribution in [2.24, 2.45) is 0 Å². The fourth-order valence-corrected chi connectivity index (χ4v) is 1.83. The Balaban J connectivity index is 3.08. The number of carbonyl (C=O) groups excluding carboxylic acids is 1. The van der Waals surface area contributed by atoms with Gasteiger partial charge in [-0.25, -0.2) is 4.39 Å². The van der Waals surface area contributed by atoms with Crippen LogP contribution in [0.4, 0.5) is 4.39 Å². The van der Waals surface area contributed by atoms with Crippen LogP contribution in [-0.4, -0.2) is 20.2 Å². The summed E-state index contributed by atoms with van der Waals surface area (Å²) in [6.07, 6.45) is 0.0539. The summed E-state index contributed by atoms with van der Waals surface area (Å²) in [5.41, 5.74) is 1.41. The van der Waals surface area contributed by atoms with Crippen LogP contribution in [0.1, 0.15) is 11.1 Å². The van der Waals surface area contributed by atoms with E-state index in [1.54, 1.807) is 6.07 Å². The number of esters is 1. The fourth-order valence-electron chi connectivity index (χ4n) is 1.31. The zero-order valence-electron chi connectivity index (χ0n) is 9.05. The largest absolute Gasteiger partial charge is 0.494 e. The SMILES string of the molecule is COC(=O)Cc1cc(F)c(OC)cc1CBr. The maximum atomic E-state index is 13.4. The van der Waals surface area contributed by atoms with Crippen LogP contribution >= 0.6 is 15.9 Å². The molecule has 3 nitrogen and oxygen atoms in total. The van der Waals surface area contributed by atoms with E-state index in [1.165, 1.54) is 20.3 Å². The number of benzene rings is 1. The van der Waals surface area contributed by atoms with Crippen LogP contribution in [0, 0.1) is 5.82 Å². The third kappa shape index (κ3) is 2.95. The second-order valence-electron chi connectivity index (χ2n) is 3.14. The lowest BCUT2D eigenvalue weighted by atomic mass is 10.1. The van der Waals surface area contributed by atoms with Crippen molar-refractivity contribution in [2.75, 3.05) is 14.2 Å². The van der Waals surface area contributed by atoms with Crippen LogP contribution in [0.25, 0.3) is 0 Å². The van der Waals surface area contributed by atoms with Crippen molar-refractivity contribution in [3.63, 3.8) is 0 Å². The summed E-state index contributed by atoms with van der Waals surface area (Å²) in [6.45, 7) is 0. The van der Waals surface area contributed by atoms with Gasteiger partial charge in [0, 0.05) is 5.33 Å². The van der Waals surface area contributed by atoms with Gasteiger partial charge in [0.05, 0.1) is 20.6 Å². The second-order valence-corrected chi connectivity index (χ2v) is 3.70. The van der Waals surface area contributed by atoms with Crippen LogP contribution in [0.5, 0.6) is 5.75 Å². The molecule has 0 radical (unpaired) electrons. The Labute approximate surface area is 102 Å². The first-order valence-corrected chi connectivity index (χ1v) is 5.72. The molecule has 0 bridgehead atoms. The van der Waals surface area contributed by atoms with Gasteiger partial charge in [-0.3, -0.25) is 4.79 Å². The van der Waals surface area contributed by atoms with Gasteiger partial charge in [0.25, 0.3) is 0 Å². The van der Waals surface area contributed by atoms with Crippen molar-refractivity contribution in [3.8, 4) is 5.75 Å². The molecular weight excluding hydrogens is 279 g/mol. The molecule has 0 fully saturated rings. The first-order valence-electron chi connectivity index (χ1n) is 4.60. The van der Waals surface area contributed by atoms with Crippen LogP contribution in [0.15, 0.2) is 12.1 Å². The molecule has 0 saturated carbocycles. The van der Waals surface area contributed by atoms with Gasteiger partial charge in [-0.15, -0.1) is 0 Å². The molecule has 0 unspecified atom stereocenters. The summed E-state index contributed by atoms with van der Waals surface area (Å²) in [7, 11) is 2.70. The molecule has 0 N–H and O–H groups in total. The van der Waals surface area contributed by atoms with E-state index in [0.29, 0.717) is 10.9 Å². The number of hydrogen-bond acceptors (Lipinski definition) is 3. The van der Waals surface area contributed by atoms with Crippen molar-refractivity contribution in [1.82, 2.24) is 0 Å². The van der Waals surface area contributed by atoms with E-state index in [4.69, 9.17) is 4.74 Å². The molecule has 1 aromatic rings. The molecule has 0 aliphatic rings. The van der Waals surface area contributed by atoms with Crippen LogP contribution in [0.2, 0.25) is 0 Å². The summed E-state index contributed by atoms with van der Waals surface area (Å²) >= 11 is 3.28. The molecule has 0 aromatic heterocycles. The molecule has 0 heterocycles. The highest BCUT2D eigenvalue weighted by Crippen LogP contribution is 2.24. The lowest BCUT2D eigenvalue weighted by Gasteiger charge is -2.09. The Morgan fingerprint density at radius 3 is 2.56 bits per heavy atom. The maximum Gasteiger partial charge on any atom is 0.309 e. The van der Waals surface area contributed by atoms with Crippen LogP contribution in [0.3, 0.4) is 0 Å². The minimum atomic E-state index is -0.480. The highest BCUT2D eigenvalue weighted by molar-refractivity contribution is 9.08. The quantitative estimate of drug-likeness (QED) is 0.631. The summed E-state index contributed by atoms with van der Waals surface area (Å²) < 4.78 is 22.8. The molecule has 0 aliphatic heterocycles. The number of ether oxygens (including phenoxy) is 2. The van der Waals surface area contributed by atoms with E-state index in [9.17, 15) is 9.18 Å². The zero-order valence-corrected chi connectivity index (χ0v) is 10.6. The zero-order chi connectivity index (χ0) is 12.1. The number of rotatable bonds is 4. The van der Waals surface area contributed by atoms with Gasteiger partial charge in [-0.2, -0.15) is 0 Å². The molecule has 0 atom stereocenters. The van der Waals surface area contributed by atoms with Crippen molar-refractivity contribution in [3.05, 3.63) is 29.1 Å². The summed E-state index contributed by atoms with van der Waals surface area (Å²) in [4.78, 5) is 11.1. The predicted molar refractivity (Wildman–Crippen MR) is 61.3 cm³/mol. The van der Waals surface area contributed by atoms with Crippen LogP contribution in [-0.2, 0) is 21.3 Å². The summed E-state index contributed by atoms with van der Waals surface area (Å²) in [5, 5.41) is 0.524. The number of halogens is 2. The van der Waals surface area contributed by atoms with Gasteiger partial charge < -0.3 is 9.47 Å². The topological polar surface area (TPSA) is 35.5 Å². The standard InChI is InChI=1S/C11H12BrFO3/c1-15-10-4-8(6-12)7(3-9(10)13)5-11(14)16-2/h3-4H,5-6H2,1-2H3. The van der Waals surface area contributed by atoms with Gasteiger partial charge in [0.1, 0.15) is 0 Å². The number of hydrogen-bond donors (Lipinski definition) is 0. The van der Waals surface area contributed by atoms with Crippen LogP contribution < -0.4 is 4.74 Å². The first kappa shape index (κ1) is 13.0. The molecule has 0 aliphatic carbocycles. The number of carbonyl (C=O) groups is 1. The Kier molecular flexibility index (Phi) is 4.73. The molecule has 1 rings (SSSR count). The Morgan fingerprint density at radius 2 is 2.06 bits per heavy atom. The molecule has 5 heteroatoms. The normalized spacial score (nSPS) is 10.0. The third-order valence-corrected chi connectivity index (χ3v) is 2.78. The first-order chi connectivity index (χ1) is 7.62. The van der Waals surface area contributed by atoms with E-state index in [1.807, 2.05) is 0 Å². The highest BCUT2D eigenvalue weighted by atomic mass is 79.9. The average molecular weight is 291 g/mol. The maximum absolute atomic E-state index is 13.4. The van der Waals surface area contributed by atoms with Crippen molar-refractivity contribution in [1.29, 1.82) is 0 Å². The monoisotopic (exact) mass is 290 g/mol. The van der Waals surface area contributed by atoms with Gasteiger partial charge in [0.15, 0.2) is 11.6 Å². The lowest BCUT2D eigenvalue weighted by Crippen LogP contribution is -2.07. The number of methoxy groups -OCH3 is 2. The van der Waals surface area contributed by atoms with Gasteiger partial charge in [-0.1, -0.05) is 15.9 Å². The summed E-state index contributed by atoms with van der Waals surface area (Å²) in [6, 6.07) is 2.87. The Hall–Kier alpha value is -1.10. The lowest BCUT2D eigenvalue weighted by molar-refractivity contribution is -0.139. The fraction of sp³-hybridized carbons (Fsp3) is 0.364. The molecule has 0 amide bonds. The molecule has 0 saturated heterocycles. The third-order valence-electron chi connectivity index (χ3n) is 2.18. The van der Waals surface area contributed by atoms with E-state index < -0.39 is 11.8 Å². The Bertz CT molecular complexity index is 393. The summed E-state index contributed by atoms with van der Waals surface area (Å²) in [5.74, 6) is -0.707. The van der Waals surface area contributed by atoms with E-state index in [0.717, 1.165) is 5.56 Å². The van der Waals surface area contributed by atoms with Crippen molar-refractivity contribution in [2.45, 2.75) is 11.8 Å². The van der Waals surface area contributed by atoms with Gasteiger partial charge in [0.2, 0.25) is 0 Å². The molecular formula is C11H12BrFO3. The van der Waals surface area contributed by atoms with E-state index in [-0.39, 0.29) is 12.2 Å². The van der Waals surface area contributed by atoms with E-state index >= 15 is 0 Å². The minimum absolute atomic E-state index is 0.0539. The van der Waals surface area contributed by atoms with Gasteiger partial charge in [-0.05, 0) is 23.3 Å².